The lowest BCUT2D eigenvalue weighted by Crippen LogP contribution is -1.98. The Balaban J connectivity index is 2.15. The van der Waals surface area contributed by atoms with E-state index in [1.807, 2.05) is 6.92 Å². The molecule has 0 fully saturated rings. The number of hydrogen-bond acceptors (Lipinski definition) is 6. The first-order valence-corrected chi connectivity index (χ1v) is 5.97. The third-order valence-corrected chi connectivity index (χ3v) is 2.70. The molecule has 0 atom stereocenters. The van der Waals surface area contributed by atoms with E-state index in [0.29, 0.717) is 16.5 Å². The molecular formula is C12H10ClN5O2. The lowest BCUT2D eigenvalue weighted by atomic mass is 10.2. The lowest BCUT2D eigenvalue weighted by molar-refractivity contribution is -0.384. The van der Waals surface area contributed by atoms with Crippen molar-refractivity contribution >= 4 is 29.5 Å². The van der Waals surface area contributed by atoms with Crippen LogP contribution in [0.4, 0.5) is 11.6 Å². The van der Waals surface area contributed by atoms with E-state index in [4.69, 9.17) is 11.6 Å². The van der Waals surface area contributed by atoms with Crippen molar-refractivity contribution in [3.8, 4) is 0 Å². The molecule has 7 nitrogen and oxygen atoms in total. The predicted molar refractivity (Wildman–Crippen MR) is 76.1 cm³/mol. The number of benzene rings is 1. The van der Waals surface area contributed by atoms with Crippen LogP contribution in [0, 0.1) is 17.0 Å². The fourth-order valence-electron chi connectivity index (χ4n) is 1.41. The number of non-ortho nitro benzene ring substituents is 1. The van der Waals surface area contributed by atoms with Crippen LogP contribution in [0.5, 0.6) is 0 Å². The Kier molecular flexibility index (Phi) is 4.21. The first kappa shape index (κ1) is 13.9. The highest BCUT2D eigenvalue weighted by atomic mass is 35.5. The molecular weight excluding hydrogens is 282 g/mol. The summed E-state index contributed by atoms with van der Waals surface area (Å²) >= 11 is 5.94. The molecule has 0 saturated heterocycles. The monoisotopic (exact) mass is 291 g/mol. The van der Waals surface area contributed by atoms with E-state index in [9.17, 15) is 10.1 Å². The molecule has 0 aliphatic rings. The van der Waals surface area contributed by atoms with E-state index in [1.54, 1.807) is 12.3 Å². The molecule has 102 valence electrons. The normalized spacial score (nSPS) is 10.7. The molecule has 0 bridgehead atoms. The number of nitro groups is 1. The average molecular weight is 292 g/mol. The van der Waals surface area contributed by atoms with Crippen LogP contribution in [0.15, 0.2) is 35.6 Å². The second-order valence-electron chi connectivity index (χ2n) is 3.85. The third kappa shape index (κ3) is 3.48. The molecule has 0 amide bonds. The Morgan fingerprint density at radius 2 is 2.25 bits per heavy atom. The van der Waals surface area contributed by atoms with E-state index in [-0.39, 0.29) is 5.69 Å². The molecule has 0 aliphatic carbocycles. The standard InChI is InChI=1S/C12H10ClN5O2/c1-8-4-5-14-12(16-8)17-15-7-9-6-10(18(19)20)2-3-11(9)13/h2-7H,1H3,(H,14,16,17)/b15-7-. The summed E-state index contributed by atoms with van der Waals surface area (Å²) in [5, 5.41) is 15.0. The van der Waals surface area contributed by atoms with Crippen LogP contribution in [0.1, 0.15) is 11.3 Å². The first-order valence-electron chi connectivity index (χ1n) is 5.59. The molecule has 20 heavy (non-hydrogen) atoms. The molecule has 1 N–H and O–H groups in total. The van der Waals surface area contributed by atoms with Gasteiger partial charge in [0.2, 0.25) is 5.95 Å². The molecule has 1 aromatic heterocycles. The van der Waals surface area contributed by atoms with Gasteiger partial charge in [-0.2, -0.15) is 5.10 Å². The molecule has 2 rings (SSSR count). The molecule has 1 aromatic carbocycles. The number of anilines is 1. The highest BCUT2D eigenvalue weighted by Gasteiger charge is 2.08. The van der Waals surface area contributed by atoms with Crippen molar-refractivity contribution in [2.75, 3.05) is 5.43 Å². The zero-order valence-corrected chi connectivity index (χ0v) is 11.2. The van der Waals surface area contributed by atoms with Crippen LogP contribution >= 0.6 is 11.6 Å². The second kappa shape index (κ2) is 6.07. The largest absolute Gasteiger partial charge is 0.270 e. The van der Waals surface area contributed by atoms with Gasteiger partial charge in [0.25, 0.3) is 5.69 Å². The van der Waals surface area contributed by atoms with Crippen molar-refractivity contribution in [3.63, 3.8) is 0 Å². The maximum Gasteiger partial charge on any atom is 0.270 e. The maximum absolute atomic E-state index is 10.7. The highest BCUT2D eigenvalue weighted by molar-refractivity contribution is 6.33. The summed E-state index contributed by atoms with van der Waals surface area (Å²) < 4.78 is 0. The summed E-state index contributed by atoms with van der Waals surface area (Å²) in [7, 11) is 0. The van der Waals surface area contributed by atoms with Crippen molar-refractivity contribution in [1.82, 2.24) is 9.97 Å². The van der Waals surface area contributed by atoms with Gasteiger partial charge in [-0.25, -0.2) is 15.4 Å². The lowest BCUT2D eigenvalue weighted by Gasteiger charge is -2.00. The molecule has 0 unspecified atom stereocenters. The van der Waals surface area contributed by atoms with Crippen LogP contribution in [0.25, 0.3) is 0 Å². The quantitative estimate of drug-likeness (QED) is 0.531. The third-order valence-electron chi connectivity index (χ3n) is 2.35. The van der Waals surface area contributed by atoms with Gasteiger partial charge >= 0.3 is 0 Å². The average Bonchev–Trinajstić information content (AvgIpc) is 2.40. The van der Waals surface area contributed by atoms with E-state index < -0.39 is 4.92 Å². The summed E-state index contributed by atoms with van der Waals surface area (Å²) in [6, 6.07) is 5.87. The number of rotatable bonds is 4. The number of aryl methyl sites for hydroxylation is 1. The van der Waals surface area contributed by atoms with Crippen molar-refractivity contribution in [2.45, 2.75) is 6.92 Å². The SMILES string of the molecule is Cc1ccnc(N/N=C\c2cc([N+](=O)[O-])ccc2Cl)n1. The number of hydrazone groups is 1. The van der Waals surface area contributed by atoms with Gasteiger partial charge in [-0.15, -0.1) is 0 Å². The van der Waals surface area contributed by atoms with Crippen LogP contribution in [-0.4, -0.2) is 21.1 Å². The minimum absolute atomic E-state index is 0.0531. The van der Waals surface area contributed by atoms with E-state index in [2.05, 4.69) is 20.5 Å². The van der Waals surface area contributed by atoms with Gasteiger partial charge in [-0.05, 0) is 19.1 Å². The Labute approximate surface area is 119 Å². The van der Waals surface area contributed by atoms with Gasteiger partial charge in [0.15, 0.2) is 0 Å². The summed E-state index contributed by atoms with van der Waals surface area (Å²) in [5.41, 5.74) is 3.80. The first-order chi connectivity index (χ1) is 9.56. The Morgan fingerprint density at radius 3 is 2.95 bits per heavy atom. The van der Waals surface area contributed by atoms with E-state index in [0.717, 1.165) is 5.69 Å². The van der Waals surface area contributed by atoms with E-state index >= 15 is 0 Å². The van der Waals surface area contributed by atoms with Crippen LogP contribution in [-0.2, 0) is 0 Å². The Hall–Kier alpha value is -2.54. The minimum Gasteiger partial charge on any atom is -0.258 e. The molecule has 0 saturated carbocycles. The number of nitrogens with zero attached hydrogens (tertiary/aromatic N) is 4. The molecule has 8 heteroatoms. The zero-order valence-electron chi connectivity index (χ0n) is 10.4. The summed E-state index contributed by atoms with van der Waals surface area (Å²) in [6.07, 6.45) is 2.97. The van der Waals surface area contributed by atoms with Gasteiger partial charge in [-0.1, -0.05) is 11.6 Å². The molecule has 1 heterocycles. The number of nitro benzene ring substituents is 1. The Bertz CT molecular complexity index is 675. The zero-order chi connectivity index (χ0) is 14.5. The van der Waals surface area contributed by atoms with Crippen molar-refractivity contribution in [1.29, 1.82) is 0 Å². The maximum atomic E-state index is 10.7. The predicted octanol–water partition coefficient (Wildman–Crippen LogP) is 2.79. The van der Waals surface area contributed by atoms with Gasteiger partial charge in [0.1, 0.15) is 0 Å². The number of aromatic nitrogens is 2. The van der Waals surface area contributed by atoms with Crippen molar-refractivity contribution in [2.24, 2.45) is 5.10 Å². The smallest absolute Gasteiger partial charge is 0.258 e. The molecule has 0 aliphatic heterocycles. The topological polar surface area (TPSA) is 93.3 Å². The molecule has 0 spiro atoms. The minimum atomic E-state index is -0.495. The van der Waals surface area contributed by atoms with Gasteiger partial charge < -0.3 is 0 Å². The summed E-state index contributed by atoms with van der Waals surface area (Å²) in [5.74, 6) is 0.336. The number of hydrogen-bond donors (Lipinski definition) is 1. The van der Waals surface area contributed by atoms with E-state index in [1.165, 1.54) is 24.4 Å². The van der Waals surface area contributed by atoms with Crippen LogP contribution < -0.4 is 5.43 Å². The fourth-order valence-corrected chi connectivity index (χ4v) is 1.57. The van der Waals surface area contributed by atoms with Crippen LogP contribution in [0.3, 0.4) is 0 Å². The summed E-state index contributed by atoms with van der Waals surface area (Å²) in [6.45, 7) is 1.83. The number of halogens is 1. The molecule has 0 radical (unpaired) electrons. The van der Waals surface area contributed by atoms with Crippen molar-refractivity contribution < 1.29 is 4.92 Å². The second-order valence-corrected chi connectivity index (χ2v) is 4.26. The van der Waals surface area contributed by atoms with Gasteiger partial charge in [0, 0.05) is 34.6 Å². The summed E-state index contributed by atoms with van der Waals surface area (Å²) in [4.78, 5) is 18.2. The fraction of sp³-hybridized carbons (Fsp3) is 0.0833. The molecule has 2 aromatic rings. The van der Waals surface area contributed by atoms with Crippen LogP contribution in [0.2, 0.25) is 5.02 Å². The Morgan fingerprint density at radius 1 is 1.45 bits per heavy atom. The van der Waals surface area contributed by atoms with Crippen molar-refractivity contribution in [3.05, 3.63) is 56.9 Å². The van der Waals surface area contributed by atoms with Gasteiger partial charge in [-0.3, -0.25) is 10.1 Å². The highest BCUT2D eigenvalue weighted by Crippen LogP contribution is 2.20. The number of nitrogens with one attached hydrogen (secondary N) is 1. The van der Waals surface area contributed by atoms with Gasteiger partial charge in [0.05, 0.1) is 11.1 Å².